The minimum absolute atomic E-state index is 0.762. The van der Waals surface area contributed by atoms with E-state index >= 15 is 0 Å². The predicted octanol–water partition coefficient (Wildman–Crippen LogP) is 2.08. The summed E-state index contributed by atoms with van der Waals surface area (Å²) < 4.78 is 0. The molecule has 3 atom stereocenters. The summed E-state index contributed by atoms with van der Waals surface area (Å²) in [5.74, 6) is 0. The standard InChI is InChI=1S/C16H31N3/c1-14-12-19-10-5-3-7-16(19)13-18(14)11-8-15-6-2-4-9-17-15/h14-17H,2-13H2,1H3. The lowest BCUT2D eigenvalue weighted by Crippen LogP contribution is -2.59. The molecule has 0 radical (unpaired) electrons. The molecule has 3 unspecified atom stereocenters. The second-order valence-corrected chi connectivity index (χ2v) is 6.92. The van der Waals surface area contributed by atoms with Gasteiger partial charge in [-0.15, -0.1) is 0 Å². The Kier molecular flexibility index (Phi) is 4.78. The SMILES string of the molecule is CC1CN2CCCCC2CN1CCC1CCCCN1. The Labute approximate surface area is 118 Å². The van der Waals surface area contributed by atoms with Gasteiger partial charge in [-0.25, -0.2) is 0 Å². The van der Waals surface area contributed by atoms with Gasteiger partial charge in [0.15, 0.2) is 0 Å². The summed E-state index contributed by atoms with van der Waals surface area (Å²) in [5, 5.41) is 3.69. The van der Waals surface area contributed by atoms with Crippen LogP contribution in [0.15, 0.2) is 0 Å². The third kappa shape index (κ3) is 3.50. The molecule has 3 rings (SSSR count). The number of piperidine rings is 2. The lowest BCUT2D eigenvalue weighted by atomic mass is 9.96. The molecule has 0 bridgehead atoms. The molecule has 19 heavy (non-hydrogen) atoms. The summed E-state index contributed by atoms with van der Waals surface area (Å²) in [5.41, 5.74) is 0. The Balaban J connectivity index is 1.47. The summed E-state index contributed by atoms with van der Waals surface area (Å²) in [7, 11) is 0. The van der Waals surface area contributed by atoms with Crippen molar-refractivity contribution in [3.05, 3.63) is 0 Å². The third-order valence-electron chi connectivity index (χ3n) is 5.49. The Hall–Kier alpha value is -0.120. The fourth-order valence-electron chi connectivity index (χ4n) is 4.22. The molecule has 0 aromatic carbocycles. The van der Waals surface area contributed by atoms with Crippen LogP contribution in [0.25, 0.3) is 0 Å². The minimum atomic E-state index is 0.762. The van der Waals surface area contributed by atoms with Crippen molar-refractivity contribution < 1.29 is 0 Å². The van der Waals surface area contributed by atoms with Gasteiger partial charge in [-0.2, -0.15) is 0 Å². The second kappa shape index (κ2) is 6.55. The molecule has 0 spiro atoms. The molecule has 0 aliphatic carbocycles. The molecular formula is C16H31N3. The number of hydrogen-bond acceptors (Lipinski definition) is 3. The first-order valence-corrected chi connectivity index (χ1v) is 8.54. The molecule has 1 N–H and O–H groups in total. The molecule has 3 nitrogen and oxygen atoms in total. The molecule has 110 valence electrons. The average molecular weight is 265 g/mol. The van der Waals surface area contributed by atoms with E-state index < -0.39 is 0 Å². The maximum absolute atomic E-state index is 3.69. The van der Waals surface area contributed by atoms with E-state index in [-0.39, 0.29) is 0 Å². The summed E-state index contributed by atoms with van der Waals surface area (Å²) >= 11 is 0. The fourth-order valence-corrected chi connectivity index (χ4v) is 4.22. The van der Waals surface area contributed by atoms with E-state index in [1.54, 1.807) is 0 Å². The van der Waals surface area contributed by atoms with Gasteiger partial charge in [0.2, 0.25) is 0 Å². The Morgan fingerprint density at radius 1 is 1.05 bits per heavy atom. The smallest absolute Gasteiger partial charge is 0.0223 e. The van der Waals surface area contributed by atoms with Crippen LogP contribution in [0, 0.1) is 0 Å². The van der Waals surface area contributed by atoms with E-state index in [9.17, 15) is 0 Å². The van der Waals surface area contributed by atoms with Crippen LogP contribution in [0.4, 0.5) is 0 Å². The Morgan fingerprint density at radius 2 is 1.95 bits per heavy atom. The van der Waals surface area contributed by atoms with Crippen molar-refractivity contribution in [1.82, 2.24) is 15.1 Å². The average Bonchev–Trinajstić information content (AvgIpc) is 2.46. The van der Waals surface area contributed by atoms with Gasteiger partial charge >= 0.3 is 0 Å². The minimum Gasteiger partial charge on any atom is -0.314 e. The van der Waals surface area contributed by atoms with E-state index in [2.05, 4.69) is 22.0 Å². The molecule has 3 fully saturated rings. The van der Waals surface area contributed by atoms with Crippen molar-refractivity contribution in [1.29, 1.82) is 0 Å². The zero-order valence-electron chi connectivity index (χ0n) is 12.6. The maximum atomic E-state index is 3.69. The van der Waals surface area contributed by atoms with Crippen LogP contribution >= 0.6 is 0 Å². The monoisotopic (exact) mass is 265 g/mol. The normalized spacial score (nSPS) is 38.1. The summed E-state index contributed by atoms with van der Waals surface area (Å²) in [6.45, 7) is 8.97. The van der Waals surface area contributed by atoms with Crippen LogP contribution in [0.1, 0.15) is 51.9 Å². The number of nitrogens with zero attached hydrogens (tertiary/aromatic N) is 2. The first-order chi connectivity index (χ1) is 9.33. The largest absolute Gasteiger partial charge is 0.314 e. The zero-order valence-corrected chi connectivity index (χ0v) is 12.6. The molecule has 3 heterocycles. The van der Waals surface area contributed by atoms with Crippen molar-refractivity contribution in [2.24, 2.45) is 0 Å². The zero-order chi connectivity index (χ0) is 13.1. The van der Waals surface area contributed by atoms with Crippen molar-refractivity contribution in [2.75, 3.05) is 32.7 Å². The number of fused-ring (bicyclic) bond motifs is 1. The Bertz CT molecular complexity index is 275. The van der Waals surface area contributed by atoms with Crippen LogP contribution in [0.3, 0.4) is 0 Å². The van der Waals surface area contributed by atoms with E-state index in [0.29, 0.717) is 0 Å². The van der Waals surface area contributed by atoms with Crippen LogP contribution in [0.2, 0.25) is 0 Å². The molecule has 0 aromatic rings. The fraction of sp³-hybridized carbons (Fsp3) is 1.00. The molecule has 3 aliphatic rings. The molecule has 3 saturated heterocycles. The van der Waals surface area contributed by atoms with E-state index in [4.69, 9.17) is 0 Å². The molecule has 3 heteroatoms. The van der Waals surface area contributed by atoms with Gasteiger partial charge in [-0.1, -0.05) is 12.8 Å². The molecule has 0 saturated carbocycles. The third-order valence-corrected chi connectivity index (χ3v) is 5.49. The molecule has 3 aliphatic heterocycles. The summed E-state index contributed by atoms with van der Waals surface area (Å²) in [4.78, 5) is 5.52. The lowest BCUT2D eigenvalue weighted by Gasteiger charge is -2.48. The highest BCUT2D eigenvalue weighted by Crippen LogP contribution is 2.24. The predicted molar refractivity (Wildman–Crippen MR) is 80.5 cm³/mol. The van der Waals surface area contributed by atoms with Crippen LogP contribution < -0.4 is 5.32 Å². The van der Waals surface area contributed by atoms with Crippen LogP contribution in [-0.2, 0) is 0 Å². The highest BCUT2D eigenvalue weighted by molar-refractivity contribution is 4.89. The van der Waals surface area contributed by atoms with Crippen molar-refractivity contribution in [3.8, 4) is 0 Å². The number of piperazine rings is 1. The first-order valence-electron chi connectivity index (χ1n) is 8.54. The van der Waals surface area contributed by atoms with Crippen LogP contribution in [0.5, 0.6) is 0 Å². The van der Waals surface area contributed by atoms with Gasteiger partial charge in [0, 0.05) is 37.8 Å². The van der Waals surface area contributed by atoms with Gasteiger partial charge < -0.3 is 5.32 Å². The number of nitrogens with one attached hydrogen (secondary N) is 1. The van der Waals surface area contributed by atoms with E-state index in [1.165, 1.54) is 77.7 Å². The van der Waals surface area contributed by atoms with Crippen LogP contribution in [-0.4, -0.2) is 60.6 Å². The Morgan fingerprint density at radius 3 is 2.79 bits per heavy atom. The highest BCUT2D eigenvalue weighted by atomic mass is 15.3. The van der Waals surface area contributed by atoms with Gasteiger partial charge in [-0.05, 0) is 52.1 Å². The molecular weight excluding hydrogens is 234 g/mol. The summed E-state index contributed by atoms with van der Waals surface area (Å²) in [6.07, 6.45) is 9.89. The van der Waals surface area contributed by atoms with Crippen molar-refractivity contribution in [3.63, 3.8) is 0 Å². The topological polar surface area (TPSA) is 18.5 Å². The number of rotatable bonds is 3. The van der Waals surface area contributed by atoms with Gasteiger partial charge in [0.25, 0.3) is 0 Å². The van der Waals surface area contributed by atoms with E-state index in [0.717, 1.165) is 18.1 Å². The molecule has 0 aromatic heterocycles. The second-order valence-electron chi connectivity index (χ2n) is 6.92. The van der Waals surface area contributed by atoms with E-state index in [1.807, 2.05) is 0 Å². The van der Waals surface area contributed by atoms with Gasteiger partial charge in [0.05, 0.1) is 0 Å². The number of hydrogen-bond donors (Lipinski definition) is 1. The van der Waals surface area contributed by atoms with Gasteiger partial charge in [0.1, 0.15) is 0 Å². The lowest BCUT2D eigenvalue weighted by molar-refractivity contribution is 0.0133. The quantitative estimate of drug-likeness (QED) is 0.843. The molecule has 0 amide bonds. The summed E-state index contributed by atoms with van der Waals surface area (Å²) in [6, 6.07) is 2.42. The first kappa shape index (κ1) is 13.8. The van der Waals surface area contributed by atoms with Crippen molar-refractivity contribution >= 4 is 0 Å². The van der Waals surface area contributed by atoms with Crippen molar-refractivity contribution in [2.45, 2.75) is 70.0 Å². The maximum Gasteiger partial charge on any atom is 0.0223 e. The van der Waals surface area contributed by atoms with Gasteiger partial charge in [-0.3, -0.25) is 9.80 Å². The highest BCUT2D eigenvalue weighted by Gasteiger charge is 2.32.